The van der Waals surface area contributed by atoms with Gasteiger partial charge in [0.2, 0.25) is 5.90 Å². The Morgan fingerprint density at radius 3 is 2.71 bits per heavy atom. The maximum absolute atomic E-state index is 11.8. The summed E-state index contributed by atoms with van der Waals surface area (Å²) in [6.07, 6.45) is 3.58. The van der Waals surface area contributed by atoms with E-state index in [0.29, 0.717) is 5.90 Å². The van der Waals surface area contributed by atoms with Crippen LogP contribution in [0.4, 0.5) is 0 Å². The van der Waals surface area contributed by atoms with Gasteiger partial charge >= 0.3 is 5.97 Å². The minimum atomic E-state index is -0.434. The lowest BCUT2D eigenvalue weighted by molar-refractivity contribution is -0.130. The van der Waals surface area contributed by atoms with Gasteiger partial charge in [-0.2, -0.15) is 0 Å². The molecular formula is C16H10BrNO2S. The van der Waals surface area contributed by atoms with E-state index >= 15 is 0 Å². The van der Waals surface area contributed by atoms with Crippen LogP contribution in [0.2, 0.25) is 0 Å². The number of hydrogen-bond donors (Lipinski definition) is 0. The number of carbonyl (C=O) groups is 1. The molecule has 2 heterocycles. The number of hydrogen-bond acceptors (Lipinski definition) is 4. The maximum atomic E-state index is 11.8. The molecule has 0 radical (unpaired) electrons. The minimum absolute atomic E-state index is 0.289. The molecule has 0 fully saturated rings. The first-order chi connectivity index (χ1) is 10.2. The molecular weight excluding hydrogens is 350 g/mol. The van der Waals surface area contributed by atoms with Gasteiger partial charge in [-0.25, -0.2) is 9.79 Å². The molecule has 0 bridgehead atoms. The highest BCUT2D eigenvalue weighted by atomic mass is 79.9. The molecule has 21 heavy (non-hydrogen) atoms. The normalized spacial score (nSPS) is 17.0. The van der Waals surface area contributed by atoms with Crippen molar-refractivity contribution in [1.29, 1.82) is 0 Å². The topological polar surface area (TPSA) is 38.7 Å². The van der Waals surface area contributed by atoms with Crippen molar-refractivity contribution in [3.05, 3.63) is 74.5 Å². The number of cyclic esters (lactones) is 1. The molecule has 1 aliphatic rings. The quantitative estimate of drug-likeness (QED) is 0.602. The molecule has 1 aliphatic heterocycles. The summed E-state index contributed by atoms with van der Waals surface area (Å²) in [4.78, 5) is 16.9. The van der Waals surface area contributed by atoms with Gasteiger partial charge < -0.3 is 4.74 Å². The van der Waals surface area contributed by atoms with Gasteiger partial charge in [0.25, 0.3) is 0 Å². The van der Waals surface area contributed by atoms with E-state index in [-0.39, 0.29) is 5.70 Å². The average Bonchev–Trinajstić information content (AvgIpc) is 3.10. The summed E-state index contributed by atoms with van der Waals surface area (Å²) in [6.45, 7) is 0. The lowest BCUT2D eigenvalue weighted by Crippen LogP contribution is -2.03. The molecule has 104 valence electrons. The molecule has 3 rings (SSSR count). The van der Waals surface area contributed by atoms with Gasteiger partial charge in [0.05, 0.1) is 4.88 Å². The van der Waals surface area contributed by atoms with Gasteiger partial charge in [-0.3, -0.25) is 0 Å². The number of ether oxygens (including phenoxy) is 1. The number of rotatable bonds is 3. The van der Waals surface area contributed by atoms with Crippen molar-refractivity contribution in [1.82, 2.24) is 0 Å². The fourth-order valence-corrected chi connectivity index (χ4v) is 2.93. The molecule has 1 aromatic carbocycles. The fourth-order valence-electron chi connectivity index (χ4n) is 1.80. The number of aliphatic imine (C=N–C) groups is 1. The van der Waals surface area contributed by atoms with Crippen molar-refractivity contribution in [3.8, 4) is 0 Å². The van der Waals surface area contributed by atoms with Crippen LogP contribution in [0.5, 0.6) is 0 Å². The van der Waals surface area contributed by atoms with Crippen LogP contribution in [0, 0.1) is 0 Å². The van der Waals surface area contributed by atoms with E-state index in [2.05, 4.69) is 20.9 Å². The second kappa shape index (κ2) is 6.20. The molecule has 0 unspecified atom stereocenters. The first-order valence-corrected chi connectivity index (χ1v) is 7.88. The van der Waals surface area contributed by atoms with Crippen molar-refractivity contribution >= 4 is 45.2 Å². The lowest BCUT2D eigenvalue weighted by atomic mass is 10.2. The second-order valence-electron chi connectivity index (χ2n) is 4.25. The van der Waals surface area contributed by atoms with Crippen molar-refractivity contribution in [2.45, 2.75) is 0 Å². The molecule has 1 aromatic heterocycles. The number of thiophene rings is 1. The number of esters is 1. The third-order valence-corrected chi connectivity index (χ3v) is 4.05. The summed E-state index contributed by atoms with van der Waals surface area (Å²) >= 11 is 4.92. The molecule has 0 amide bonds. The van der Waals surface area contributed by atoms with Crippen LogP contribution >= 0.6 is 27.3 Å². The fraction of sp³-hybridized carbons (Fsp3) is 0. The summed E-state index contributed by atoms with van der Waals surface area (Å²) in [6, 6.07) is 13.6. The SMILES string of the molecule is O=C1OC(c2cccs2)=N/C1=C/C(Br)=C/c1ccccc1. The molecule has 0 atom stereocenters. The van der Waals surface area contributed by atoms with Crippen LogP contribution in [0.15, 0.2) is 69.1 Å². The molecule has 2 aromatic rings. The van der Waals surface area contributed by atoms with Gasteiger partial charge in [0.15, 0.2) is 5.70 Å². The Labute approximate surface area is 134 Å². The van der Waals surface area contributed by atoms with Crippen LogP contribution in [-0.2, 0) is 9.53 Å². The van der Waals surface area contributed by atoms with Crippen LogP contribution in [0.25, 0.3) is 6.08 Å². The average molecular weight is 360 g/mol. The number of benzene rings is 1. The van der Waals surface area contributed by atoms with Crippen molar-refractivity contribution in [2.24, 2.45) is 4.99 Å². The Kier molecular flexibility index (Phi) is 4.13. The van der Waals surface area contributed by atoms with E-state index in [1.54, 1.807) is 6.08 Å². The first kappa shape index (κ1) is 14.0. The largest absolute Gasteiger partial charge is 0.401 e. The maximum Gasteiger partial charge on any atom is 0.363 e. The van der Waals surface area contributed by atoms with Crippen molar-refractivity contribution < 1.29 is 9.53 Å². The van der Waals surface area contributed by atoms with E-state index < -0.39 is 5.97 Å². The van der Waals surface area contributed by atoms with Crippen LogP contribution in [-0.4, -0.2) is 11.9 Å². The third kappa shape index (κ3) is 3.37. The summed E-state index contributed by atoms with van der Waals surface area (Å²) in [7, 11) is 0. The molecule has 3 nitrogen and oxygen atoms in total. The van der Waals surface area contributed by atoms with Crippen LogP contribution < -0.4 is 0 Å². The van der Waals surface area contributed by atoms with Gasteiger partial charge in [-0.15, -0.1) is 11.3 Å². The Balaban J connectivity index is 1.86. The highest BCUT2D eigenvalue weighted by Crippen LogP contribution is 2.23. The monoisotopic (exact) mass is 359 g/mol. The zero-order chi connectivity index (χ0) is 14.7. The Morgan fingerprint density at radius 2 is 2.00 bits per heavy atom. The predicted molar refractivity (Wildman–Crippen MR) is 88.4 cm³/mol. The zero-order valence-corrected chi connectivity index (χ0v) is 13.2. The first-order valence-electron chi connectivity index (χ1n) is 6.21. The van der Waals surface area contributed by atoms with E-state index in [0.717, 1.165) is 14.9 Å². The van der Waals surface area contributed by atoms with E-state index in [4.69, 9.17) is 4.74 Å². The molecule has 5 heteroatoms. The Bertz CT molecular complexity index is 746. The lowest BCUT2D eigenvalue weighted by Gasteiger charge is -1.94. The van der Waals surface area contributed by atoms with Crippen molar-refractivity contribution in [2.75, 3.05) is 0 Å². The Morgan fingerprint density at radius 1 is 1.19 bits per heavy atom. The number of nitrogens with zero attached hydrogens (tertiary/aromatic N) is 1. The van der Waals surface area contributed by atoms with E-state index in [1.165, 1.54) is 11.3 Å². The highest BCUT2D eigenvalue weighted by molar-refractivity contribution is 9.12. The van der Waals surface area contributed by atoms with Gasteiger partial charge in [0, 0.05) is 4.48 Å². The molecule has 0 saturated heterocycles. The molecule has 0 spiro atoms. The standard InChI is InChI=1S/C16H10BrNO2S/c17-12(9-11-5-2-1-3-6-11)10-13-16(19)20-15(18-13)14-7-4-8-21-14/h1-10H/b12-9-,13-10+. The van der Waals surface area contributed by atoms with E-state index in [1.807, 2.05) is 53.9 Å². The van der Waals surface area contributed by atoms with Crippen LogP contribution in [0.1, 0.15) is 10.4 Å². The predicted octanol–water partition coefficient (Wildman–Crippen LogP) is 4.37. The van der Waals surface area contributed by atoms with Gasteiger partial charge in [-0.1, -0.05) is 52.3 Å². The van der Waals surface area contributed by atoms with Gasteiger partial charge in [0.1, 0.15) is 0 Å². The number of halogens is 1. The molecule has 0 aliphatic carbocycles. The minimum Gasteiger partial charge on any atom is -0.401 e. The number of carbonyl (C=O) groups excluding carboxylic acids is 1. The summed E-state index contributed by atoms with van der Waals surface area (Å²) in [5.74, 6) is -0.0712. The highest BCUT2D eigenvalue weighted by Gasteiger charge is 2.24. The number of allylic oxidation sites excluding steroid dienone is 2. The van der Waals surface area contributed by atoms with Gasteiger partial charge in [-0.05, 0) is 29.2 Å². The molecule has 0 saturated carbocycles. The summed E-state index contributed by atoms with van der Waals surface area (Å²) in [5.41, 5.74) is 1.33. The van der Waals surface area contributed by atoms with Crippen molar-refractivity contribution in [3.63, 3.8) is 0 Å². The summed E-state index contributed by atoms with van der Waals surface area (Å²) in [5, 5.41) is 1.92. The van der Waals surface area contributed by atoms with E-state index in [9.17, 15) is 4.79 Å². The smallest absolute Gasteiger partial charge is 0.363 e. The summed E-state index contributed by atoms with van der Waals surface area (Å²) < 4.78 is 5.94. The second-order valence-corrected chi connectivity index (χ2v) is 6.12. The Hall–Kier alpha value is -1.98. The zero-order valence-electron chi connectivity index (χ0n) is 10.8. The van der Waals surface area contributed by atoms with Crippen LogP contribution in [0.3, 0.4) is 0 Å². The molecule has 0 N–H and O–H groups in total. The third-order valence-electron chi connectivity index (χ3n) is 2.73.